The summed E-state index contributed by atoms with van der Waals surface area (Å²) in [6.45, 7) is 0.478. The summed E-state index contributed by atoms with van der Waals surface area (Å²) in [5.74, 6) is -4.94. The van der Waals surface area contributed by atoms with Crippen LogP contribution < -0.4 is 10.5 Å². The van der Waals surface area contributed by atoms with Crippen molar-refractivity contribution in [2.45, 2.75) is 18.4 Å². The molecule has 0 saturated carbocycles. The second-order valence-corrected chi connectivity index (χ2v) is 3.73. The van der Waals surface area contributed by atoms with Gasteiger partial charge in [-0.3, -0.25) is 0 Å². The van der Waals surface area contributed by atoms with Gasteiger partial charge in [0.05, 0.1) is 7.11 Å². The lowest BCUT2D eigenvalue weighted by atomic mass is 9.85. The summed E-state index contributed by atoms with van der Waals surface area (Å²) in [6.07, 6.45) is 0. The molecule has 0 spiro atoms. The third-order valence-corrected chi connectivity index (χ3v) is 2.58. The average molecular weight is 245 g/mol. The molecule has 1 rings (SSSR count). The van der Waals surface area contributed by atoms with Crippen molar-refractivity contribution in [3.63, 3.8) is 0 Å². The predicted octanol–water partition coefficient (Wildman–Crippen LogP) is 1.59. The number of ether oxygens (including phenoxy) is 1. The van der Waals surface area contributed by atoms with Crippen molar-refractivity contribution in [3.05, 3.63) is 29.8 Å². The van der Waals surface area contributed by atoms with E-state index in [2.05, 4.69) is 0 Å². The van der Waals surface area contributed by atoms with E-state index >= 15 is 0 Å². The fourth-order valence-corrected chi connectivity index (χ4v) is 1.42. The van der Waals surface area contributed by atoms with Gasteiger partial charge in [-0.2, -0.15) is 0 Å². The van der Waals surface area contributed by atoms with Crippen molar-refractivity contribution in [1.29, 1.82) is 0 Å². The number of alkyl halides is 2. The van der Waals surface area contributed by atoms with E-state index in [9.17, 15) is 13.6 Å². The molecule has 1 unspecified atom stereocenters. The molecule has 0 amide bonds. The Kier molecular flexibility index (Phi) is 3.38. The average Bonchev–Trinajstić information content (AvgIpc) is 2.26. The fraction of sp³-hybridized carbons (Fsp3) is 0.364. The number of methoxy groups -OCH3 is 1. The Labute approximate surface area is 97.0 Å². The Bertz CT molecular complexity index is 414. The number of rotatable bonds is 4. The molecule has 0 aromatic heterocycles. The van der Waals surface area contributed by atoms with Crippen LogP contribution in [0.1, 0.15) is 12.5 Å². The lowest BCUT2D eigenvalue weighted by Crippen LogP contribution is -2.57. The SMILES string of the molecule is COc1ccc(C(N)(C(=O)O)C(C)(F)F)cc1. The highest BCUT2D eigenvalue weighted by atomic mass is 19.3. The molecule has 6 heteroatoms. The van der Waals surface area contributed by atoms with E-state index in [1.165, 1.54) is 31.4 Å². The lowest BCUT2D eigenvalue weighted by molar-refractivity contribution is -0.160. The summed E-state index contributed by atoms with van der Waals surface area (Å²) in [7, 11) is 1.41. The first kappa shape index (κ1) is 13.4. The third-order valence-electron chi connectivity index (χ3n) is 2.58. The van der Waals surface area contributed by atoms with Crippen molar-refractivity contribution in [2.75, 3.05) is 7.11 Å². The van der Waals surface area contributed by atoms with E-state index in [-0.39, 0.29) is 5.56 Å². The van der Waals surface area contributed by atoms with E-state index < -0.39 is 17.4 Å². The number of benzene rings is 1. The maximum Gasteiger partial charge on any atom is 0.334 e. The normalized spacial score (nSPS) is 15.1. The van der Waals surface area contributed by atoms with Crippen molar-refractivity contribution in [2.24, 2.45) is 5.73 Å². The molecule has 4 nitrogen and oxygen atoms in total. The summed E-state index contributed by atoms with van der Waals surface area (Å²) in [6, 6.07) is 5.19. The highest BCUT2D eigenvalue weighted by Gasteiger charge is 2.54. The monoisotopic (exact) mass is 245 g/mol. The minimum Gasteiger partial charge on any atom is -0.497 e. The zero-order chi connectivity index (χ0) is 13.3. The number of carboxylic acids is 1. The van der Waals surface area contributed by atoms with Crippen LogP contribution in [0.2, 0.25) is 0 Å². The van der Waals surface area contributed by atoms with Crippen LogP contribution >= 0.6 is 0 Å². The first-order chi connectivity index (χ1) is 7.73. The van der Waals surface area contributed by atoms with Gasteiger partial charge >= 0.3 is 5.97 Å². The van der Waals surface area contributed by atoms with Crippen molar-refractivity contribution >= 4 is 5.97 Å². The van der Waals surface area contributed by atoms with Crippen molar-refractivity contribution in [3.8, 4) is 5.75 Å². The van der Waals surface area contributed by atoms with Crippen LogP contribution in [0.15, 0.2) is 24.3 Å². The zero-order valence-electron chi connectivity index (χ0n) is 9.41. The van der Waals surface area contributed by atoms with Gasteiger partial charge in [0.25, 0.3) is 5.92 Å². The second-order valence-electron chi connectivity index (χ2n) is 3.73. The van der Waals surface area contributed by atoms with Gasteiger partial charge in [-0.15, -0.1) is 0 Å². The molecule has 0 saturated heterocycles. The number of hydrogen-bond donors (Lipinski definition) is 2. The highest BCUT2D eigenvalue weighted by Crippen LogP contribution is 2.36. The summed E-state index contributed by atoms with van der Waals surface area (Å²) in [4.78, 5) is 11.0. The molecule has 0 aliphatic carbocycles. The van der Waals surface area contributed by atoms with Crippen LogP contribution in [0.4, 0.5) is 8.78 Å². The maximum absolute atomic E-state index is 13.4. The molecule has 0 heterocycles. The number of aliphatic carboxylic acids is 1. The van der Waals surface area contributed by atoms with Gasteiger partial charge in [0.1, 0.15) is 5.75 Å². The number of carbonyl (C=O) groups is 1. The molecule has 94 valence electrons. The van der Waals surface area contributed by atoms with Crippen molar-refractivity contribution in [1.82, 2.24) is 0 Å². The van der Waals surface area contributed by atoms with E-state index in [1.54, 1.807) is 0 Å². The Balaban J connectivity index is 3.29. The molecule has 0 aliphatic heterocycles. The van der Waals surface area contributed by atoms with Gasteiger partial charge in [-0.05, 0) is 17.7 Å². The predicted molar refractivity (Wildman–Crippen MR) is 57.1 cm³/mol. The summed E-state index contributed by atoms with van der Waals surface area (Å²) >= 11 is 0. The van der Waals surface area contributed by atoms with Gasteiger partial charge in [-0.25, -0.2) is 13.6 Å². The van der Waals surface area contributed by atoms with Gasteiger partial charge in [0, 0.05) is 6.92 Å². The molecule has 0 fully saturated rings. The third kappa shape index (κ3) is 2.21. The Morgan fingerprint density at radius 1 is 1.35 bits per heavy atom. The molecule has 0 bridgehead atoms. The van der Waals surface area contributed by atoms with Gasteiger partial charge in [0.2, 0.25) is 5.54 Å². The zero-order valence-corrected chi connectivity index (χ0v) is 9.41. The molecule has 1 aromatic rings. The van der Waals surface area contributed by atoms with Gasteiger partial charge in [-0.1, -0.05) is 12.1 Å². The molecular weight excluding hydrogens is 232 g/mol. The van der Waals surface area contributed by atoms with Crippen LogP contribution in [0.5, 0.6) is 5.75 Å². The van der Waals surface area contributed by atoms with Crippen molar-refractivity contribution < 1.29 is 23.4 Å². The molecule has 0 aliphatic rings. The minimum absolute atomic E-state index is 0.182. The minimum atomic E-state index is -3.59. The smallest absolute Gasteiger partial charge is 0.334 e. The van der Waals surface area contributed by atoms with E-state index in [0.29, 0.717) is 12.7 Å². The van der Waals surface area contributed by atoms with Crippen LogP contribution in [-0.2, 0) is 10.3 Å². The highest BCUT2D eigenvalue weighted by molar-refractivity contribution is 5.82. The number of nitrogens with two attached hydrogens (primary N) is 1. The van der Waals surface area contributed by atoms with Gasteiger partial charge < -0.3 is 15.6 Å². The summed E-state index contributed by atoms with van der Waals surface area (Å²) in [5.41, 5.74) is 2.41. The standard InChI is InChI=1S/C11H13F2NO3/c1-10(12,13)11(14,9(15)16)7-3-5-8(17-2)6-4-7/h3-6H,14H2,1-2H3,(H,15,16). The Morgan fingerprint density at radius 3 is 2.12 bits per heavy atom. The first-order valence-corrected chi connectivity index (χ1v) is 4.78. The first-order valence-electron chi connectivity index (χ1n) is 4.78. The quantitative estimate of drug-likeness (QED) is 0.844. The van der Waals surface area contributed by atoms with Crippen LogP contribution in [-0.4, -0.2) is 24.1 Å². The van der Waals surface area contributed by atoms with E-state index in [1.807, 2.05) is 0 Å². The molecule has 1 aromatic carbocycles. The summed E-state index contributed by atoms with van der Waals surface area (Å²) in [5, 5.41) is 8.91. The molecule has 3 N–H and O–H groups in total. The topological polar surface area (TPSA) is 72.5 Å². The van der Waals surface area contributed by atoms with E-state index in [4.69, 9.17) is 15.6 Å². The number of carboxylic acid groups (broad SMARTS) is 1. The number of halogens is 2. The lowest BCUT2D eigenvalue weighted by Gasteiger charge is -2.31. The van der Waals surface area contributed by atoms with Crippen LogP contribution in [0, 0.1) is 0 Å². The molecular formula is C11H13F2NO3. The second kappa shape index (κ2) is 4.29. The largest absolute Gasteiger partial charge is 0.497 e. The van der Waals surface area contributed by atoms with Crippen LogP contribution in [0.25, 0.3) is 0 Å². The molecule has 17 heavy (non-hydrogen) atoms. The Morgan fingerprint density at radius 2 is 1.82 bits per heavy atom. The van der Waals surface area contributed by atoms with Crippen LogP contribution in [0.3, 0.4) is 0 Å². The van der Waals surface area contributed by atoms with E-state index in [0.717, 1.165) is 0 Å². The number of hydrogen-bond acceptors (Lipinski definition) is 3. The molecule has 0 radical (unpaired) electrons. The summed E-state index contributed by atoms with van der Waals surface area (Å²) < 4.78 is 31.6. The fourth-order valence-electron chi connectivity index (χ4n) is 1.42. The molecule has 1 atom stereocenters. The maximum atomic E-state index is 13.4. The Hall–Kier alpha value is -1.69. The van der Waals surface area contributed by atoms with Gasteiger partial charge in [0.15, 0.2) is 0 Å².